The Bertz CT molecular complexity index is 253. The van der Waals surface area contributed by atoms with Crippen molar-refractivity contribution < 1.29 is 9.53 Å². The number of nitrogens with one attached hydrogen (secondary N) is 1. The van der Waals surface area contributed by atoms with Gasteiger partial charge in [0.15, 0.2) is 0 Å². The summed E-state index contributed by atoms with van der Waals surface area (Å²) in [7, 11) is 4.09. The average molecular weight is 284 g/mol. The minimum Gasteiger partial charge on any atom is -0.461 e. The summed E-state index contributed by atoms with van der Waals surface area (Å²) in [5, 5.41) is 3.09. The van der Waals surface area contributed by atoms with Crippen LogP contribution in [-0.2, 0) is 9.53 Å². The van der Waals surface area contributed by atoms with Crippen LogP contribution < -0.4 is 5.32 Å². The van der Waals surface area contributed by atoms with Gasteiger partial charge < -0.3 is 15.0 Å². The normalized spacial score (nSPS) is 11.4. The summed E-state index contributed by atoms with van der Waals surface area (Å²) in [6, 6.07) is 0. The Balaban J connectivity index is 3.29. The van der Waals surface area contributed by atoms with Gasteiger partial charge >= 0.3 is 5.97 Å². The molecule has 0 rings (SSSR count). The molecule has 1 N–H and O–H groups in total. The number of carbonyl (C=O) groups is 1. The van der Waals surface area contributed by atoms with Gasteiger partial charge in [0.25, 0.3) is 0 Å². The fourth-order valence-electron chi connectivity index (χ4n) is 1.78. The fraction of sp³-hybridized carbons (Fsp3) is 0.812. The highest BCUT2D eigenvalue weighted by molar-refractivity contribution is 5.71. The highest BCUT2D eigenvalue weighted by Gasteiger charge is 2.00. The predicted molar refractivity (Wildman–Crippen MR) is 84.9 cm³/mol. The molecular formula is C16H32N2O2. The van der Waals surface area contributed by atoms with Gasteiger partial charge in [0.1, 0.15) is 6.61 Å². The standard InChI is InChI=1S/C16H32N2O2/c1-4-5-6-7-8-9-10-14-20-16(19)15-17-12-11-13-18(2)3/h9-10,17H,4-8,11-15H2,1-3H3/b10-9-. The molecule has 0 aliphatic carbocycles. The third kappa shape index (κ3) is 15.2. The van der Waals surface area contributed by atoms with Crippen molar-refractivity contribution in [1.29, 1.82) is 0 Å². The molecule has 0 fully saturated rings. The van der Waals surface area contributed by atoms with Gasteiger partial charge in [0.2, 0.25) is 0 Å². The Morgan fingerprint density at radius 3 is 2.65 bits per heavy atom. The monoisotopic (exact) mass is 284 g/mol. The maximum Gasteiger partial charge on any atom is 0.320 e. The minimum absolute atomic E-state index is 0.175. The molecule has 118 valence electrons. The number of carbonyl (C=O) groups excluding carboxylic acids is 1. The number of rotatable bonds is 13. The van der Waals surface area contributed by atoms with Crippen molar-refractivity contribution in [3.05, 3.63) is 12.2 Å². The van der Waals surface area contributed by atoms with Gasteiger partial charge in [-0.1, -0.05) is 38.3 Å². The topological polar surface area (TPSA) is 41.6 Å². The van der Waals surface area contributed by atoms with E-state index < -0.39 is 0 Å². The van der Waals surface area contributed by atoms with Gasteiger partial charge in [-0.25, -0.2) is 0 Å². The van der Waals surface area contributed by atoms with Crippen molar-refractivity contribution in [3.63, 3.8) is 0 Å². The van der Waals surface area contributed by atoms with Crippen LogP contribution in [0.1, 0.15) is 45.4 Å². The maximum atomic E-state index is 11.4. The molecular weight excluding hydrogens is 252 g/mol. The van der Waals surface area contributed by atoms with E-state index in [2.05, 4.69) is 23.2 Å². The summed E-state index contributed by atoms with van der Waals surface area (Å²) in [6.45, 7) is 4.79. The van der Waals surface area contributed by atoms with Gasteiger partial charge in [0, 0.05) is 0 Å². The molecule has 0 heterocycles. The van der Waals surface area contributed by atoms with E-state index in [0.717, 1.165) is 25.9 Å². The Morgan fingerprint density at radius 2 is 1.95 bits per heavy atom. The van der Waals surface area contributed by atoms with E-state index in [-0.39, 0.29) is 5.97 Å². The molecule has 0 atom stereocenters. The van der Waals surface area contributed by atoms with E-state index >= 15 is 0 Å². The smallest absolute Gasteiger partial charge is 0.320 e. The number of allylic oxidation sites excluding steroid dienone is 1. The Kier molecular flexibility index (Phi) is 13.9. The van der Waals surface area contributed by atoms with Crippen molar-refractivity contribution >= 4 is 5.97 Å². The molecule has 0 aliphatic heterocycles. The lowest BCUT2D eigenvalue weighted by molar-refractivity contribution is -0.141. The van der Waals surface area contributed by atoms with Crippen LogP contribution in [0, 0.1) is 0 Å². The Labute approximate surface area is 124 Å². The van der Waals surface area contributed by atoms with Gasteiger partial charge in [-0.05, 0) is 46.4 Å². The second-order valence-corrected chi connectivity index (χ2v) is 5.34. The zero-order chi connectivity index (χ0) is 15.1. The van der Waals surface area contributed by atoms with Gasteiger partial charge in [-0.15, -0.1) is 0 Å². The lowest BCUT2D eigenvalue weighted by Gasteiger charge is -2.09. The molecule has 0 aromatic rings. The molecule has 0 aromatic heterocycles. The van der Waals surface area contributed by atoms with Gasteiger partial charge in [-0.2, -0.15) is 0 Å². The molecule has 4 heteroatoms. The fourth-order valence-corrected chi connectivity index (χ4v) is 1.78. The van der Waals surface area contributed by atoms with E-state index in [9.17, 15) is 4.79 Å². The summed E-state index contributed by atoms with van der Waals surface area (Å²) in [4.78, 5) is 13.5. The molecule has 0 spiro atoms. The van der Waals surface area contributed by atoms with E-state index in [1.54, 1.807) is 0 Å². The van der Waals surface area contributed by atoms with Crippen molar-refractivity contribution in [3.8, 4) is 0 Å². The molecule has 0 aromatic carbocycles. The van der Waals surface area contributed by atoms with Crippen molar-refractivity contribution in [2.24, 2.45) is 0 Å². The molecule has 0 unspecified atom stereocenters. The SMILES string of the molecule is CCCCCC/C=C\COC(=O)CNCCCN(C)C. The van der Waals surface area contributed by atoms with Crippen molar-refractivity contribution in [1.82, 2.24) is 10.2 Å². The van der Waals surface area contributed by atoms with E-state index in [1.807, 2.05) is 20.2 Å². The van der Waals surface area contributed by atoms with Gasteiger partial charge in [-0.3, -0.25) is 4.79 Å². The van der Waals surface area contributed by atoms with Crippen LogP contribution in [0.5, 0.6) is 0 Å². The number of esters is 1. The summed E-state index contributed by atoms with van der Waals surface area (Å²) >= 11 is 0. The van der Waals surface area contributed by atoms with Gasteiger partial charge in [0.05, 0.1) is 6.54 Å². The highest BCUT2D eigenvalue weighted by Crippen LogP contribution is 2.02. The van der Waals surface area contributed by atoms with Crippen molar-refractivity contribution in [2.45, 2.75) is 45.4 Å². The van der Waals surface area contributed by atoms with Crippen LogP contribution in [0.4, 0.5) is 0 Å². The largest absolute Gasteiger partial charge is 0.461 e. The zero-order valence-electron chi connectivity index (χ0n) is 13.5. The summed E-state index contributed by atoms with van der Waals surface area (Å²) < 4.78 is 5.10. The molecule has 0 saturated carbocycles. The van der Waals surface area contributed by atoms with Crippen LogP contribution in [0.3, 0.4) is 0 Å². The molecule has 0 amide bonds. The zero-order valence-corrected chi connectivity index (χ0v) is 13.5. The second-order valence-electron chi connectivity index (χ2n) is 5.34. The molecule has 0 saturated heterocycles. The van der Waals surface area contributed by atoms with E-state index in [4.69, 9.17) is 4.74 Å². The molecule has 0 bridgehead atoms. The van der Waals surface area contributed by atoms with E-state index in [1.165, 1.54) is 25.7 Å². The van der Waals surface area contributed by atoms with Crippen LogP contribution >= 0.6 is 0 Å². The number of ether oxygens (including phenoxy) is 1. The summed E-state index contributed by atoms with van der Waals surface area (Å²) in [5.74, 6) is -0.175. The average Bonchev–Trinajstić information content (AvgIpc) is 2.41. The predicted octanol–water partition coefficient (Wildman–Crippen LogP) is 2.60. The number of unbranched alkanes of at least 4 members (excludes halogenated alkanes) is 4. The first-order valence-electron chi connectivity index (χ1n) is 7.83. The van der Waals surface area contributed by atoms with Crippen LogP contribution in [0.25, 0.3) is 0 Å². The number of nitrogens with zero attached hydrogens (tertiary/aromatic N) is 1. The third-order valence-electron chi connectivity index (χ3n) is 2.96. The lowest BCUT2D eigenvalue weighted by Crippen LogP contribution is -2.27. The first-order chi connectivity index (χ1) is 9.66. The number of hydrogen-bond donors (Lipinski definition) is 1. The van der Waals surface area contributed by atoms with Crippen LogP contribution in [0.2, 0.25) is 0 Å². The third-order valence-corrected chi connectivity index (χ3v) is 2.96. The lowest BCUT2D eigenvalue weighted by atomic mass is 10.1. The van der Waals surface area contributed by atoms with Crippen LogP contribution in [-0.4, -0.2) is 51.2 Å². The molecule has 0 radical (unpaired) electrons. The molecule has 4 nitrogen and oxygen atoms in total. The number of hydrogen-bond acceptors (Lipinski definition) is 4. The first kappa shape index (κ1) is 19.1. The van der Waals surface area contributed by atoms with E-state index in [0.29, 0.717) is 13.2 Å². The second kappa shape index (κ2) is 14.5. The maximum absolute atomic E-state index is 11.4. The minimum atomic E-state index is -0.175. The van der Waals surface area contributed by atoms with Crippen LogP contribution in [0.15, 0.2) is 12.2 Å². The van der Waals surface area contributed by atoms with Crippen molar-refractivity contribution in [2.75, 3.05) is 40.3 Å². The summed E-state index contributed by atoms with van der Waals surface area (Å²) in [6.07, 6.45) is 11.3. The Hall–Kier alpha value is -0.870. The molecule has 20 heavy (non-hydrogen) atoms. The quantitative estimate of drug-likeness (QED) is 0.321. The molecule has 0 aliphatic rings. The Morgan fingerprint density at radius 1 is 1.15 bits per heavy atom. The highest BCUT2D eigenvalue weighted by atomic mass is 16.5. The first-order valence-corrected chi connectivity index (χ1v) is 7.83. The summed E-state index contributed by atoms with van der Waals surface area (Å²) in [5.41, 5.74) is 0.